The number of hydrogen-bond donors (Lipinski definition) is 4. The summed E-state index contributed by atoms with van der Waals surface area (Å²) in [7, 11) is 0.921. The van der Waals surface area contributed by atoms with Gasteiger partial charge in [0, 0.05) is 129 Å². The van der Waals surface area contributed by atoms with E-state index < -0.39 is 43.6 Å². The summed E-state index contributed by atoms with van der Waals surface area (Å²) in [6.45, 7) is 12.5. The second-order valence-corrected chi connectivity index (χ2v) is 32.4. The van der Waals surface area contributed by atoms with Crippen LogP contribution in [0.5, 0.6) is 11.5 Å². The molecule has 4 aromatic carbocycles. The summed E-state index contributed by atoms with van der Waals surface area (Å²) < 4.78 is 83.4. The molecule has 23 heteroatoms. The van der Waals surface area contributed by atoms with Crippen LogP contribution in [-0.2, 0) is 52.6 Å². The number of aliphatic carboxylic acids is 1. The zero-order valence-electron chi connectivity index (χ0n) is 56.6. The van der Waals surface area contributed by atoms with Crippen molar-refractivity contribution in [2.24, 2.45) is 10.8 Å². The lowest BCUT2D eigenvalue weighted by molar-refractivity contribution is -0.144. The molecule has 4 aliphatic carbocycles. The number of rotatable bonds is 14. The summed E-state index contributed by atoms with van der Waals surface area (Å²) in [5.41, 5.74) is 10.9. The average molecular weight is 1340 g/mol. The predicted octanol–water partition coefficient (Wildman–Crippen LogP) is 10.7. The Balaban J connectivity index is 0.000000164. The molecule has 6 aromatic rings. The molecular formula is C72H94N8O13S2. The molecule has 2 saturated heterocycles. The Bertz CT molecular complexity index is 4170. The van der Waals surface area contributed by atoms with Crippen molar-refractivity contribution < 1.29 is 60.1 Å². The molecule has 0 spiro atoms. The number of benzene rings is 4. The third-order valence-corrected chi connectivity index (χ3v) is 24.2. The summed E-state index contributed by atoms with van der Waals surface area (Å²) in [4.78, 5) is 54.5. The van der Waals surface area contributed by atoms with Crippen LogP contribution in [0.3, 0.4) is 0 Å². The number of fused-ring (bicyclic) bond motifs is 14. The van der Waals surface area contributed by atoms with Gasteiger partial charge in [-0.3, -0.25) is 19.2 Å². The maximum Gasteiger partial charge on any atom is 0.303 e. The molecule has 4 aliphatic heterocycles. The highest BCUT2D eigenvalue weighted by molar-refractivity contribution is 7.88. The standard InChI is InChI=1S/C36H46N4O6S.C30H35N3O6S.C6H13NO/c1-22-19-39(20-23(2)46-22)32(41)18-36-17-30(36)29-16-26(45-5)12-14-27(29)34-33(24-9-7-6-8-10-24)28-13-11-25(15-31(28)40(34)21-36)35(42)37-47(43,44)38(3)4;1-32(2)40(37,38)31-29(36)19-9-11-22-25(13-19)33-17-30(16-26(34)35)15-24(30)23-14-20(39-3)10-12-21(23)28(33)27(22)18-7-5-4-6-8-18;1-5-3-7-4-6(2)8-5/h11-16,22-24,30H,6-10,17-21H2,1-5H3,(H,37,42);9-14,18,24H,4-8,15-17H2,1-3H3,(H,31,36)(H,34,35);5-7H,3-4H2,1-2H3/t22-,23-,30?,36?;;5-,6+/m1../s1. The van der Waals surface area contributed by atoms with Crippen LogP contribution in [0.1, 0.15) is 184 Å². The number of carboxylic acid groups (broad SMARTS) is 1. The number of morpholine rings is 2. The molecule has 4 unspecified atom stereocenters. The molecule has 2 aromatic heterocycles. The second kappa shape index (κ2) is 26.9. The van der Waals surface area contributed by atoms with Crippen molar-refractivity contribution in [3.05, 3.63) is 106 Å². The first-order valence-electron chi connectivity index (χ1n) is 33.9. The molecule has 8 atom stereocenters. The average Bonchev–Trinajstić information content (AvgIpc) is 1.54. The van der Waals surface area contributed by atoms with Crippen molar-refractivity contribution in [2.75, 3.05) is 68.6 Å². The molecule has 95 heavy (non-hydrogen) atoms. The summed E-state index contributed by atoms with van der Waals surface area (Å²) in [6.07, 6.45) is 14.4. The lowest BCUT2D eigenvalue weighted by Crippen LogP contribution is -2.48. The fourth-order valence-corrected chi connectivity index (χ4v) is 17.6. The Morgan fingerprint density at radius 3 is 1.37 bits per heavy atom. The fourth-order valence-electron chi connectivity index (χ4n) is 16.6. The van der Waals surface area contributed by atoms with Gasteiger partial charge in [0.2, 0.25) is 5.91 Å². The van der Waals surface area contributed by atoms with Gasteiger partial charge >= 0.3 is 26.4 Å². The predicted molar refractivity (Wildman–Crippen MR) is 366 cm³/mol. The third-order valence-electron chi connectivity index (χ3n) is 21.4. The number of hydrogen-bond acceptors (Lipinski definition) is 13. The van der Waals surface area contributed by atoms with Gasteiger partial charge in [0.25, 0.3) is 11.8 Å². The zero-order valence-corrected chi connectivity index (χ0v) is 58.2. The summed E-state index contributed by atoms with van der Waals surface area (Å²) in [5, 5.41) is 15.3. The molecule has 14 rings (SSSR count). The van der Waals surface area contributed by atoms with E-state index in [1.807, 2.05) is 49.1 Å². The van der Waals surface area contributed by atoms with Gasteiger partial charge in [-0.2, -0.15) is 25.4 Å². The zero-order chi connectivity index (χ0) is 67.6. The molecule has 6 fully saturated rings. The van der Waals surface area contributed by atoms with Crippen LogP contribution in [0.15, 0.2) is 72.8 Å². The lowest BCUT2D eigenvalue weighted by atomic mass is 9.81. The molecule has 21 nitrogen and oxygen atoms in total. The van der Waals surface area contributed by atoms with Crippen molar-refractivity contribution in [1.29, 1.82) is 0 Å². The summed E-state index contributed by atoms with van der Waals surface area (Å²) in [5.74, 6) is 0.519. The van der Waals surface area contributed by atoms with Gasteiger partial charge in [-0.15, -0.1) is 0 Å². The van der Waals surface area contributed by atoms with Crippen LogP contribution in [-0.4, -0.2) is 161 Å². The van der Waals surface area contributed by atoms with Gasteiger partial charge in [0.1, 0.15) is 11.5 Å². The SMILES string of the molecule is COc1ccc2c(c1)C1CC1(CC(=O)N1C[C@@H](C)O[C@H](C)C1)Cn1c-2c(C2CCCCC2)c2ccc(C(=O)NS(=O)(=O)N(C)C)cc21.COc1ccc2c(c1)C1CC1(CC(=O)O)Cn1c-2c(C2CCCCC2)c2ccc(C(=O)NS(=O)(=O)N(C)C)cc21.C[C@@H]1CNC[C@H](C)O1. The van der Waals surface area contributed by atoms with Gasteiger partial charge in [0.15, 0.2) is 0 Å². The maximum atomic E-state index is 14.0. The smallest absolute Gasteiger partial charge is 0.303 e. The molecule has 4 N–H and O–H groups in total. The molecule has 0 bridgehead atoms. The first-order valence-corrected chi connectivity index (χ1v) is 36.8. The largest absolute Gasteiger partial charge is 0.497 e. The molecule has 4 saturated carbocycles. The highest BCUT2D eigenvalue weighted by Gasteiger charge is 2.60. The first-order chi connectivity index (χ1) is 45.2. The molecule has 512 valence electrons. The number of aromatic nitrogens is 2. The van der Waals surface area contributed by atoms with Crippen LogP contribution < -0.4 is 24.2 Å². The van der Waals surface area contributed by atoms with E-state index in [0.29, 0.717) is 56.6 Å². The van der Waals surface area contributed by atoms with Crippen molar-refractivity contribution in [3.63, 3.8) is 0 Å². The number of nitrogens with one attached hydrogen (secondary N) is 3. The second-order valence-electron chi connectivity index (χ2n) is 28.6. The van der Waals surface area contributed by atoms with E-state index in [4.69, 9.17) is 18.9 Å². The first kappa shape index (κ1) is 68.1. The van der Waals surface area contributed by atoms with Crippen LogP contribution in [0.2, 0.25) is 0 Å². The lowest BCUT2D eigenvalue weighted by Gasteiger charge is -2.36. The fraction of sp³-hybridized carbons (Fsp3) is 0.556. The Hall–Kier alpha value is -6.86. The maximum absolute atomic E-state index is 14.0. The summed E-state index contributed by atoms with van der Waals surface area (Å²) in [6, 6.07) is 23.5. The minimum Gasteiger partial charge on any atom is -0.497 e. The van der Waals surface area contributed by atoms with E-state index in [2.05, 4.69) is 62.0 Å². The van der Waals surface area contributed by atoms with E-state index in [9.17, 15) is 41.1 Å². The normalized spacial score (nSPS) is 25.5. The van der Waals surface area contributed by atoms with E-state index in [1.165, 1.54) is 70.6 Å². The Morgan fingerprint density at radius 1 is 0.579 bits per heavy atom. The molecule has 3 amide bonds. The van der Waals surface area contributed by atoms with Crippen molar-refractivity contribution >= 4 is 65.9 Å². The minimum absolute atomic E-state index is 0.00625. The van der Waals surface area contributed by atoms with Crippen LogP contribution in [0, 0.1) is 10.8 Å². The van der Waals surface area contributed by atoms with Gasteiger partial charge in [-0.1, -0.05) is 50.7 Å². The van der Waals surface area contributed by atoms with E-state index in [0.717, 1.165) is 134 Å². The van der Waals surface area contributed by atoms with E-state index in [1.54, 1.807) is 32.4 Å². The Labute approximate surface area is 558 Å². The van der Waals surface area contributed by atoms with E-state index in [-0.39, 0.29) is 52.9 Å². The quantitative estimate of drug-likeness (QED) is 0.0792. The summed E-state index contributed by atoms with van der Waals surface area (Å²) >= 11 is 0. The van der Waals surface area contributed by atoms with Crippen LogP contribution in [0.25, 0.3) is 44.3 Å². The molecule has 0 radical (unpaired) electrons. The molecule has 8 aliphatic rings. The Morgan fingerprint density at radius 2 is 0.989 bits per heavy atom. The number of carbonyl (C=O) groups is 4. The number of carboxylic acids is 1. The number of nitrogens with zero attached hydrogens (tertiary/aromatic N) is 5. The number of ether oxygens (including phenoxy) is 4. The van der Waals surface area contributed by atoms with Crippen molar-refractivity contribution in [2.45, 2.75) is 179 Å². The van der Waals surface area contributed by atoms with Gasteiger partial charge in [0.05, 0.1) is 56.4 Å². The molecular weight excluding hydrogens is 1250 g/mol. The van der Waals surface area contributed by atoms with Crippen LogP contribution in [0.4, 0.5) is 0 Å². The molecule has 6 heterocycles. The minimum atomic E-state index is -3.96. The van der Waals surface area contributed by atoms with Gasteiger partial charge in [-0.25, -0.2) is 9.44 Å². The van der Waals surface area contributed by atoms with Gasteiger partial charge < -0.3 is 43.4 Å². The van der Waals surface area contributed by atoms with E-state index >= 15 is 0 Å². The monoisotopic (exact) mass is 1340 g/mol. The topological polar surface area (TPSA) is 249 Å². The highest BCUT2D eigenvalue weighted by Crippen LogP contribution is 2.69. The van der Waals surface area contributed by atoms with Crippen molar-refractivity contribution in [1.82, 2.24) is 37.4 Å². The van der Waals surface area contributed by atoms with Crippen LogP contribution >= 0.6 is 0 Å². The van der Waals surface area contributed by atoms with Gasteiger partial charge in [-0.05, 0) is 173 Å². The number of amides is 3. The highest BCUT2D eigenvalue weighted by atomic mass is 32.2. The number of methoxy groups -OCH3 is 2. The third kappa shape index (κ3) is 13.6. The number of carbonyl (C=O) groups excluding carboxylic acids is 3. The Kier molecular flexibility index (Phi) is 19.3. The van der Waals surface area contributed by atoms with Crippen molar-refractivity contribution in [3.8, 4) is 34.0 Å².